The maximum Gasteiger partial charge on any atom is 0.414 e. The molecule has 1 saturated heterocycles. The maximum absolute atomic E-state index is 11.8. The standard InChI is InChI=1S/C10H14N2O5/c11-10(1-2-10)4-5-3-6(8(14)15)12(7(5)13)9(16)17/h5-6H,1-4,11H2,(H,14,15)(H,16,17)/t5?,6-/m0/s1. The van der Waals surface area contributed by atoms with Crippen molar-refractivity contribution in [3.63, 3.8) is 0 Å². The summed E-state index contributed by atoms with van der Waals surface area (Å²) in [6.45, 7) is 0. The minimum Gasteiger partial charge on any atom is -0.480 e. The Bertz CT molecular complexity index is 390. The van der Waals surface area contributed by atoms with E-state index in [9.17, 15) is 14.4 Å². The van der Waals surface area contributed by atoms with E-state index in [-0.39, 0.29) is 6.42 Å². The minimum atomic E-state index is -1.51. The van der Waals surface area contributed by atoms with E-state index in [4.69, 9.17) is 15.9 Å². The summed E-state index contributed by atoms with van der Waals surface area (Å²) in [5.74, 6) is -2.51. The largest absolute Gasteiger partial charge is 0.480 e. The fourth-order valence-corrected chi connectivity index (χ4v) is 2.29. The Morgan fingerprint density at radius 3 is 2.35 bits per heavy atom. The molecule has 2 rings (SSSR count). The normalized spacial score (nSPS) is 30.4. The molecule has 1 aliphatic heterocycles. The minimum absolute atomic E-state index is 0.0272. The summed E-state index contributed by atoms with van der Waals surface area (Å²) in [4.78, 5) is 34.0. The van der Waals surface area contributed by atoms with E-state index in [1.165, 1.54) is 0 Å². The first-order chi connectivity index (χ1) is 7.84. The maximum atomic E-state index is 11.8. The average molecular weight is 242 g/mol. The molecule has 17 heavy (non-hydrogen) atoms. The monoisotopic (exact) mass is 242 g/mol. The lowest BCUT2D eigenvalue weighted by Crippen LogP contribution is -2.42. The fraction of sp³-hybridized carbons (Fsp3) is 0.700. The average Bonchev–Trinajstić information content (AvgIpc) is 2.83. The zero-order valence-electron chi connectivity index (χ0n) is 9.13. The Kier molecular flexibility index (Phi) is 2.57. The Morgan fingerprint density at radius 2 is 2.00 bits per heavy atom. The first kappa shape index (κ1) is 11.8. The summed E-state index contributed by atoms with van der Waals surface area (Å²) in [5, 5.41) is 17.7. The fourth-order valence-electron chi connectivity index (χ4n) is 2.29. The number of rotatable bonds is 3. The first-order valence-corrected chi connectivity index (χ1v) is 5.42. The lowest BCUT2D eigenvalue weighted by molar-refractivity contribution is -0.145. The topological polar surface area (TPSA) is 121 Å². The van der Waals surface area contributed by atoms with Crippen LogP contribution in [0.5, 0.6) is 0 Å². The lowest BCUT2D eigenvalue weighted by Gasteiger charge is -2.15. The lowest BCUT2D eigenvalue weighted by atomic mass is 9.95. The van der Waals surface area contributed by atoms with Gasteiger partial charge in [0.1, 0.15) is 6.04 Å². The number of carbonyl (C=O) groups is 3. The SMILES string of the molecule is NC1(CC2C[C@@H](C(=O)O)N(C(=O)O)C2=O)CC1. The molecule has 94 valence electrons. The molecular formula is C10H14N2O5. The van der Waals surface area contributed by atoms with Crippen LogP contribution < -0.4 is 5.73 Å². The highest BCUT2D eigenvalue weighted by Gasteiger charge is 2.51. The number of carboxylic acid groups (broad SMARTS) is 2. The molecule has 2 amide bonds. The van der Waals surface area contributed by atoms with E-state index < -0.39 is 35.5 Å². The molecule has 1 heterocycles. The molecule has 2 aliphatic rings. The van der Waals surface area contributed by atoms with Crippen molar-refractivity contribution in [2.75, 3.05) is 0 Å². The van der Waals surface area contributed by atoms with Crippen molar-refractivity contribution in [3.8, 4) is 0 Å². The molecule has 0 radical (unpaired) electrons. The summed E-state index contributed by atoms with van der Waals surface area (Å²) in [5.41, 5.74) is 5.48. The second-order valence-corrected chi connectivity index (χ2v) is 4.84. The number of nitrogens with zero attached hydrogens (tertiary/aromatic N) is 1. The van der Waals surface area contributed by atoms with Gasteiger partial charge in [0.15, 0.2) is 0 Å². The van der Waals surface area contributed by atoms with Crippen LogP contribution in [0.4, 0.5) is 4.79 Å². The van der Waals surface area contributed by atoms with Gasteiger partial charge in [0.25, 0.3) is 0 Å². The Hall–Kier alpha value is -1.63. The summed E-state index contributed by atoms with van der Waals surface area (Å²) in [6, 6.07) is -1.27. The third kappa shape index (κ3) is 2.10. The van der Waals surface area contributed by atoms with Gasteiger partial charge in [0.2, 0.25) is 5.91 Å². The second-order valence-electron chi connectivity index (χ2n) is 4.84. The zero-order chi connectivity index (χ0) is 12.8. The van der Waals surface area contributed by atoms with Gasteiger partial charge in [-0.2, -0.15) is 0 Å². The summed E-state index contributed by atoms with van der Waals surface area (Å²) in [6.07, 6.45) is 0.508. The second kappa shape index (κ2) is 3.69. The number of hydrogen-bond donors (Lipinski definition) is 3. The molecule has 0 aromatic rings. The van der Waals surface area contributed by atoms with Crippen molar-refractivity contribution in [2.45, 2.75) is 37.3 Å². The number of hydrogen-bond acceptors (Lipinski definition) is 4. The smallest absolute Gasteiger partial charge is 0.414 e. The van der Waals surface area contributed by atoms with Gasteiger partial charge >= 0.3 is 12.1 Å². The molecule has 7 nitrogen and oxygen atoms in total. The Labute approximate surface area is 97.2 Å². The van der Waals surface area contributed by atoms with Crippen molar-refractivity contribution >= 4 is 18.0 Å². The molecule has 7 heteroatoms. The summed E-state index contributed by atoms with van der Waals surface area (Å²) < 4.78 is 0. The Morgan fingerprint density at radius 1 is 1.41 bits per heavy atom. The van der Waals surface area contributed by atoms with Crippen molar-refractivity contribution < 1.29 is 24.6 Å². The van der Waals surface area contributed by atoms with Gasteiger partial charge in [0, 0.05) is 11.5 Å². The van der Waals surface area contributed by atoms with Crippen LogP contribution in [-0.4, -0.2) is 44.7 Å². The van der Waals surface area contributed by atoms with Crippen LogP contribution in [0.15, 0.2) is 0 Å². The van der Waals surface area contributed by atoms with Crippen LogP contribution in [0.3, 0.4) is 0 Å². The number of nitrogens with two attached hydrogens (primary N) is 1. The quantitative estimate of drug-likeness (QED) is 0.632. The molecule has 1 aliphatic carbocycles. The van der Waals surface area contributed by atoms with Crippen molar-refractivity contribution in [1.29, 1.82) is 0 Å². The van der Waals surface area contributed by atoms with Gasteiger partial charge in [-0.05, 0) is 25.7 Å². The molecule has 0 bridgehead atoms. The number of imide groups is 1. The van der Waals surface area contributed by atoms with Gasteiger partial charge in [-0.3, -0.25) is 4.79 Å². The predicted octanol–water partition coefficient (Wildman–Crippen LogP) is -0.152. The van der Waals surface area contributed by atoms with Crippen LogP contribution in [-0.2, 0) is 9.59 Å². The van der Waals surface area contributed by atoms with Gasteiger partial charge in [0.05, 0.1) is 0 Å². The molecule has 0 aromatic carbocycles. The highest BCUT2D eigenvalue weighted by Crippen LogP contribution is 2.42. The molecule has 0 aromatic heterocycles. The molecule has 2 atom stereocenters. The molecule has 1 unspecified atom stereocenters. The van der Waals surface area contributed by atoms with Gasteiger partial charge < -0.3 is 15.9 Å². The van der Waals surface area contributed by atoms with Crippen LogP contribution in [0, 0.1) is 5.92 Å². The van der Waals surface area contributed by atoms with E-state index >= 15 is 0 Å². The highest BCUT2D eigenvalue weighted by molar-refractivity contribution is 5.99. The van der Waals surface area contributed by atoms with Gasteiger partial charge in [-0.15, -0.1) is 0 Å². The van der Waals surface area contributed by atoms with Gasteiger partial charge in [-0.1, -0.05) is 0 Å². The number of amides is 2. The van der Waals surface area contributed by atoms with Gasteiger partial charge in [-0.25, -0.2) is 14.5 Å². The molecular weight excluding hydrogens is 228 g/mol. The third-order valence-corrected chi connectivity index (χ3v) is 3.44. The van der Waals surface area contributed by atoms with E-state index in [1.807, 2.05) is 0 Å². The van der Waals surface area contributed by atoms with Crippen molar-refractivity contribution in [3.05, 3.63) is 0 Å². The van der Waals surface area contributed by atoms with E-state index in [2.05, 4.69) is 0 Å². The molecule has 4 N–H and O–H groups in total. The molecule has 1 saturated carbocycles. The van der Waals surface area contributed by atoms with E-state index in [1.54, 1.807) is 0 Å². The van der Waals surface area contributed by atoms with Crippen molar-refractivity contribution in [1.82, 2.24) is 4.90 Å². The summed E-state index contributed by atoms with van der Waals surface area (Å²) >= 11 is 0. The number of carboxylic acids is 1. The van der Waals surface area contributed by atoms with E-state index in [0.29, 0.717) is 11.3 Å². The van der Waals surface area contributed by atoms with Crippen LogP contribution >= 0.6 is 0 Å². The van der Waals surface area contributed by atoms with E-state index in [0.717, 1.165) is 12.8 Å². The summed E-state index contributed by atoms with van der Waals surface area (Å²) in [7, 11) is 0. The molecule has 2 fully saturated rings. The van der Waals surface area contributed by atoms with Crippen LogP contribution in [0.25, 0.3) is 0 Å². The highest BCUT2D eigenvalue weighted by atomic mass is 16.4. The van der Waals surface area contributed by atoms with Crippen LogP contribution in [0.2, 0.25) is 0 Å². The number of likely N-dealkylation sites (tertiary alicyclic amines) is 1. The third-order valence-electron chi connectivity index (χ3n) is 3.44. The Balaban J connectivity index is 2.14. The predicted molar refractivity (Wildman–Crippen MR) is 55.2 cm³/mol. The number of aliphatic carboxylic acids is 1. The molecule has 0 spiro atoms. The first-order valence-electron chi connectivity index (χ1n) is 5.42. The van der Waals surface area contributed by atoms with Crippen molar-refractivity contribution in [2.24, 2.45) is 11.7 Å². The van der Waals surface area contributed by atoms with Crippen LogP contribution in [0.1, 0.15) is 25.7 Å². The zero-order valence-corrected chi connectivity index (χ0v) is 9.13. The number of carbonyl (C=O) groups excluding carboxylic acids is 1.